The van der Waals surface area contributed by atoms with E-state index in [2.05, 4.69) is 27.5 Å². The summed E-state index contributed by atoms with van der Waals surface area (Å²) in [5.41, 5.74) is 3.42. The number of ether oxygens (including phenoxy) is 2. The van der Waals surface area contributed by atoms with Crippen LogP contribution in [0.25, 0.3) is 0 Å². The third-order valence-electron chi connectivity index (χ3n) is 6.79. The van der Waals surface area contributed by atoms with Crippen LogP contribution in [0.4, 0.5) is 23.1 Å². The molecule has 2 aromatic carbocycles. The zero-order valence-electron chi connectivity index (χ0n) is 21.0. The van der Waals surface area contributed by atoms with Crippen LogP contribution in [0.2, 0.25) is 5.02 Å². The number of rotatable bonds is 7. The smallest absolute Gasteiger partial charge is 0.244 e. The minimum absolute atomic E-state index is 0.112. The summed E-state index contributed by atoms with van der Waals surface area (Å²) in [6.07, 6.45) is 7.52. The van der Waals surface area contributed by atoms with Gasteiger partial charge in [-0.3, -0.25) is 0 Å². The number of halogens is 1. The van der Waals surface area contributed by atoms with Crippen LogP contribution in [0.15, 0.2) is 41.4 Å². The molecule has 2 N–H and O–H groups in total. The summed E-state index contributed by atoms with van der Waals surface area (Å²) in [4.78, 5) is 8.97. The number of para-hydroxylation sites is 1. The number of nitrogens with one attached hydrogen (secondary N) is 2. The second-order valence-corrected chi connectivity index (χ2v) is 12.0. The molecule has 5 rings (SSSR count). The normalized spacial score (nSPS) is 15.7. The maximum absolute atomic E-state index is 12.8. The summed E-state index contributed by atoms with van der Waals surface area (Å²) in [6, 6.07) is 8.64. The predicted octanol–water partition coefficient (Wildman–Crippen LogP) is 5.95. The van der Waals surface area contributed by atoms with Crippen LogP contribution in [0.3, 0.4) is 0 Å². The van der Waals surface area contributed by atoms with E-state index >= 15 is 0 Å². The highest BCUT2D eigenvalue weighted by atomic mass is 35.5. The molecule has 2 aliphatic rings. The second-order valence-electron chi connectivity index (χ2n) is 9.48. The molecule has 1 aliphatic carbocycles. The van der Waals surface area contributed by atoms with Crippen molar-refractivity contribution in [2.24, 2.45) is 0 Å². The van der Waals surface area contributed by atoms with Gasteiger partial charge in [0.05, 0.1) is 17.6 Å². The maximum atomic E-state index is 12.8. The number of anilines is 4. The maximum Gasteiger partial charge on any atom is 0.244 e. The van der Waals surface area contributed by atoms with Crippen LogP contribution in [-0.4, -0.2) is 43.6 Å². The summed E-state index contributed by atoms with van der Waals surface area (Å²) in [5, 5.41) is 6.54. The molecule has 1 aliphatic heterocycles. The van der Waals surface area contributed by atoms with Crippen LogP contribution in [0.5, 0.6) is 11.5 Å². The lowest BCUT2D eigenvalue weighted by molar-refractivity contribution is 0.173. The zero-order chi connectivity index (χ0) is 26.2. The van der Waals surface area contributed by atoms with Crippen molar-refractivity contribution in [3.63, 3.8) is 0 Å². The van der Waals surface area contributed by atoms with Gasteiger partial charge in [-0.1, -0.05) is 43.0 Å². The first-order valence-electron chi connectivity index (χ1n) is 12.3. The van der Waals surface area contributed by atoms with Crippen molar-refractivity contribution in [1.82, 2.24) is 14.3 Å². The van der Waals surface area contributed by atoms with Crippen molar-refractivity contribution in [2.75, 3.05) is 31.5 Å². The molecule has 1 fully saturated rings. The zero-order valence-corrected chi connectivity index (χ0v) is 22.6. The van der Waals surface area contributed by atoms with Gasteiger partial charge >= 0.3 is 0 Å². The van der Waals surface area contributed by atoms with E-state index in [9.17, 15) is 8.42 Å². The van der Waals surface area contributed by atoms with Crippen molar-refractivity contribution in [3.05, 3.63) is 52.7 Å². The molecule has 0 amide bonds. The van der Waals surface area contributed by atoms with Crippen LogP contribution in [-0.2, 0) is 10.0 Å². The third kappa shape index (κ3) is 5.05. The van der Waals surface area contributed by atoms with Gasteiger partial charge in [0, 0.05) is 19.7 Å². The molecular formula is C26H30ClN5O4S. The van der Waals surface area contributed by atoms with Gasteiger partial charge in [-0.25, -0.2) is 17.7 Å². The molecule has 1 aromatic heterocycles. The van der Waals surface area contributed by atoms with Crippen LogP contribution >= 0.6 is 11.6 Å². The topological polar surface area (TPSA) is 106 Å². The average Bonchev–Trinajstić information content (AvgIpc) is 3.37. The number of aryl methyl sites for hydroxylation is 1. The predicted molar refractivity (Wildman–Crippen MR) is 144 cm³/mol. The SMILES string of the molecule is Cc1cc(Nc2ncc(Cl)c(Nc3ccccc3S(=O)(=O)N(C)C)n2)c2c(c1C1CCCCC1)OCO2. The highest BCUT2D eigenvalue weighted by Crippen LogP contribution is 2.50. The summed E-state index contributed by atoms with van der Waals surface area (Å²) in [7, 11) is -0.719. The van der Waals surface area contributed by atoms with Crippen molar-refractivity contribution < 1.29 is 17.9 Å². The Hall–Kier alpha value is -3.08. The fourth-order valence-electron chi connectivity index (χ4n) is 4.96. The van der Waals surface area contributed by atoms with Gasteiger partial charge in [-0.2, -0.15) is 4.98 Å². The Morgan fingerprint density at radius 2 is 1.76 bits per heavy atom. The largest absolute Gasteiger partial charge is 0.453 e. The van der Waals surface area contributed by atoms with Gasteiger partial charge < -0.3 is 20.1 Å². The van der Waals surface area contributed by atoms with Gasteiger partial charge in [-0.05, 0) is 49.4 Å². The van der Waals surface area contributed by atoms with E-state index in [1.165, 1.54) is 51.2 Å². The van der Waals surface area contributed by atoms with Crippen LogP contribution in [0.1, 0.15) is 49.1 Å². The van der Waals surface area contributed by atoms with E-state index < -0.39 is 10.0 Å². The average molecular weight is 544 g/mol. The molecule has 0 saturated heterocycles. The quantitative estimate of drug-likeness (QED) is 0.376. The number of fused-ring (bicyclic) bond motifs is 1. The van der Waals surface area contributed by atoms with Crippen molar-refractivity contribution >= 4 is 44.8 Å². The van der Waals surface area contributed by atoms with Crippen molar-refractivity contribution in [2.45, 2.75) is 49.8 Å². The highest BCUT2D eigenvalue weighted by molar-refractivity contribution is 7.89. The first kappa shape index (κ1) is 25.6. The summed E-state index contributed by atoms with van der Waals surface area (Å²) >= 11 is 6.38. The van der Waals surface area contributed by atoms with Gasteiger partial charge in [0.1, 0.15) is 9.92 Å². The van der Waals surface area contributed by atoms with E-state index in [0.29, 0.717) is 23.0 Å². The summed E-state index contributed by atoms with van der Waals surface area (Å²) in [6.45, 7) is 2.26. The standard InChI is InChI=1S/C26H30ClN5O4S/c1-16-13-20(23-24(36-15-35-23)22(16)17-9-5-4-6-10-17)30-26-28-14-18(27)25(31-26)29-19-11-7-8-12-21(19)37(33,34)32(2)3/h7-8,11-14,17H,4-6,9-10,15H2,1-3H3,(H2,28,29,30,31). The number of aromatic nitrogens is 2. The van der Waals surface area contributed by atoms with Crippen LogP contribution in [0, 0.1) is 6.92 Å². The number of nitrogens with zero attached hydrogens (tertiary/aromatic N) is 3. The molecule has 37 heavy (non-hydrogen) atoms. The second kappa shape index (κ2) is 10.4. The Morgan fingerprint density at radius 3 is 2.51 bits per heavy atom. The Bertz CT molecular complexity index is 1420. The molecule has 2 heterocycles. The fourth-order valence-corrected chi connectivity index (χ4v) is 6.14. The number of sulfonamides is 1. The molecule has 196 valence electrons. The third-order valence-corrected chi connectivity index (χ3v) is 8.94. The highest BCUT2D eigenvalue weighted by Gasteiger charge is 2.30. The lowest BCUT2D eigenvalue weighted by Crippen LogP contribution is -2.23. The molecule has 9 nitrogen and oxygen atoms in total. The number of hydrogen-bond donors (Lipinski definition) is 2. The first-order chi connectivity index (χ1) is 17.8. The molecule has 3 aromatic rings. The Labute approximate surface area is 222 Å². The van der Waals surface area contributed by atoms with Gasteiger partial charge in [-0.15, -0.1) is 0 Å². The van der Waals surface area contributed by atoms with Gasteiger partial charge in [0.15, 0.2) is 17.3 Å². The summed E-state index contributed by atoms with van der Waals surface area (Å²) in [5.74, 6) is 2.47. The molecular weight excluding hydrogens is 514 g/mol. The van der Waals surface area contributed by atoms with E-state index in [4.69, 9.17) is 21.1 Å². The van der Waals surface area contributed by atoms with E-state index in [0.717, 1.165) is 28.5 Å². The minimum Gasteiger partial charge on any atom is -0.453 e. The molecule has 1 saturated carbocycles. The van der Waals surface area contributed by atoms with E-state index in [1.807, 2.05) is 6.07 Å². The van der Waals surface area contributed by atoms with E-state index in [1.54, 1.807) is 18.2 Å². The van der Waals surface area contributed by atoms with Crippen LogP contribution < -0.4 is 20.1 Å². The Balaban J connectivity index is 1.46. The molecule has 0 radical (unpaired) electrons. The van der Waals surface area contributed by atoms with Crippen molar-refractivity contribution in [3.8, 4) is 11.5 Å². The number of benzene rings is 2. The Kier molecular flexibility index (Phi) is 7.15. The fraction of sp³-hybridized carbons (Fsp3) is 0.385. The monoisotopic (exact) mass is 543 g/mol. The molecule has 0 bridgehead atoms. The minimum atomic E-state index is -3.69. The lowest BCUT2D eigenvalue weighted by Gasteiger charge is -2.25. The number of hydrogen-bond acceptors (Lipinski definition) is 8. The van der Waals surface area contributed by atoms with Gasteiger partial charge in [0.25, 0.3) is 0 Å². The first-order valence-corrected chi connectivity index (χ1v) is 14.1. The van der Waals surface area contributed by atoms with E-state index in [-0.39, 0.29) is 28.5 Å². The Morgan fingerprint density at radius 1 is 1.03 bits per heavy atom. The molecule has 11 heteroatoms. The summed E-state index contributed by atoms with van der Waals surface area (Å²) < 4.78 is 38.5. The van der Waals surface area contributed by atoms with Crippen molar-refractivity contribution in [1.29, 1.82) is 0 Å². The van der Waals surface area contributed by atoms with Gasteiger partial charge in [0.2, 0.25) is 22.8 Å². The lowest BCUT2D eigenvalue weighted by atomic mass is 9.81. The molecule has 0 spiro atoms. The molecule has 0 unspecified atom stereocenters. The molecule has 0 atom stereocenters.